The molecule has 1 aromatic rings. The fourth-order valence-electron chi connectivity index (χ4n) is 2.80. The Hall–Kier alpha value is -1.59. The largest absolute Gasteiger partial charge is 0.465 e. The maximum atomic E-state index is 12.0. The number of esters is 1. The fourth-order valence-corrected chi connectivity index (χ4v) is 2.80. The molecule has 0 aromatic heterocycles. The van der Waals surface area contributed by atoms with E-state index in [9.17, 15) is 4.79 Å². The smallest absolute Gasteiger partial charge is 0.340 e. The van der Waals surface area contributed by atoms with E-state index in [1.54, 1.807) is 6.07 Å². The molecule has 2 unspecified atom stereocenters. The number of methoxy groups -OCH3 is 1. The zero-order chi connectivity index (χ0) is 15.4. The van der Waals surface area contributed by atoms with Gasteiger partial charge in [0.05, 0.1) is 25.4 Å². The molecular formula is C16H24N2O3. The maximum Gasteiger partial charge on any atom is 0.340 e. The molecule has 5 nitrogen and oxygen atoms in total. The number of hydrogen-bond acceptors (Lipinski definition) is 5. The summed E-state index contributed by atoms with van der Waals surface area (Å²) in [5, 5.41) is 0. The van der Waals surface area contributed by atoms with Gasteiger partial charge >= 0.3 is 5.97 Å². The zero-order valence-electron chi connectivity index (χ0n) is 13.0. The van der Waals surface area contributed by atoms with E-state index in [4.69, 9.17) is 15.2 Å². The summed E-state index contributed by atoms with van der Waals surface area (Å²) < 4.78 is 10.6. The molecule has 2 atom stereocenters. The minimum atomic E-state index is -0.377. The summed E-state index contributed by atoms with van der Waals surface area (Å²) in [6.07, 6.45) is 1.22. The third kappa shape index (κ3) is 3.54. The van der Waals surface area contributed by atoms with Gasteiger partial charge in [0, 0.05) is 24.8 Å². The number of morpholine rings is 1. The van der Waals surface area contributed by atoms with Crippen LogP contribution in [-0.4, -0.2) is 43.3 Å². The first-order chi connectivity index (χ1) is 10.1. The van der Waals surface area contributed by atoms with Gasteiger partial charge in [-0.1, -0.05) is 19.1 Å². The molecule has 1 aliphatic heterocycles. The molecule has 1 aromatic carbocycles. The van der Waals surface area contributed by atoms with Crippen LogP contribution in [0.4, 0.5) is 5.69 Å². The lowest BCUT2D eigenvalue weighted by molar-refractivity contribution is -0.0592. The van der Waals surface area contributed by atoms with E-state index in [-0.39, 0.29) is 12.1 Å². The first-order valence-corrected chi connectivity index (χ1v) is 7.38. The minimum Gasteiger partial charge on any atom is -0.465 e. The minimum absolute atomic E-state index is 0.204. The summed E-state index contributed by atoms with van der Waals surface area (Å²) in [4.78, 5) is 14.3. The van der Waals surface area contributed by atoms with E-state index >= 15 is 0 Å². The highest BCUT2D eigenvalue weighted by atomic mass is 16.5. The molecule has 0 saturated carbocycles. The summed E-state index contributed by atoms with van der Waals surface area (Å²) in [5.41, 5.74) is 7.81. The van der Waals surface area contributed by atoms with Crippen molar-refractivity contribution in [2.75, 3.05) is 26.0 Å². The molecule has 1 heterocycles. The van der Waals surface area contributed by atoms with Crippen LogP contribution in [0.1, 0.15) is 36.2 Å². The van der Waals surface area contributed by atoms with Crippen LogP contribution in [0.2, 0.25) is 0 Å². The second-order valence-electron chi connectivity index (χ2n) is 5.51. The Balaban J connectivity index is 2.25. The SMILES string of the molecule is CCC1COC(C)CN1Cc1cccc(N)c1C(=O)OC. The van der Waals surface area contributed by atoms with Gasteiger partial charge in [0.2, 0.25) is 0 Å². The average molecular weight is 292 g/mol. The van der Waals surface area contributed by atoms with Crippen LogP contribution in [0, 0.1) is 0 Å². The van der Waals surface area contributed by atoms with Crippen molar-refractivity contribution >= 4 is 11.7 Å². The molecule has 116 valence electrons. The molecule has 0 bridgehead atoms. The number of anilines is 1. The van der Waals surface area contributed by atoms with Gasteiger partial charge in [0.15, 0.2) is 0 Å². The van der Waals surface area contributed by atoms with Crippen molar-refractivity contribution in [3.63, 3.8) is 0 Å². The van der Waals surface area contributed by atoms with Gasteiger partial charge in [-0.3, -0.25) is 4.90 Å². The number of hydrogen-bond donors (Lipinski definition) is 1. The Morgan fingerprint density at radius 3 is 2.95 bits per heavy atom. The quantitative estimate of drug-likeness (QED) is 0.679. The van der Waals surface area contributed by atoms with Crippen molar-refractivity contribution in [2.45, 2.75) is 39.0 Å². The summed E-state index contributed by atoms with van der Waals surface area (Å²) in [7, 11) is 1.38. The molecule has 5 heteroatoms. The average Bonchev–Trinajstić information content (AvgIpc) is 2.47. The van der Waals surface area contributed by atoms with Gasteiger partial charge in [0.1, 0.15) is 0 Å². The maximum absolute atomic E-state index is 12.0. The highest BCUT2D eigenvalue weighted by Gasteiger charge is 2.27. The molecule has 2 rings (SSSR count). The molecule has 2 N–H and O–H groups in total. The van der Waals surface area contributed by atoms with Crippen LogP contribution >= 0.6 is 0 Å². The van der Waals surface area contributed by atoms with Gasteiger partial charge in [-0.15, -0.1) is 0 Å². The van der Waals surface area contributed by atoms with Crippen LogP contribution in [0.3, 0.4) is 0 Å². The first-order valence-electron chi connectivity index (χ1n) is 7.38. The number of nitrogen functional groups attached to an aromatic ring is 1. The number of nitrogens with two attached hydrogens (primary N) is 1. The topological polar surface area (TPSA) is 64.8 Å². The predicted octanol–water partition coefficient (Wildman–Crippen LogP) is 2.05. The van der Waals surface area contributed by atoms with E-state index in [1.165, 1.54) is 7.11 Å². The van der Waals surface area contributed by atoms with Gasteiger partial charge in [-0.05, 0) is 25.0 Å². The van der Waals surface area contributed by atoms with Crippen molar-refractivity contribution in [3.8, 4) is 0 Å². The van der Waals surface area contributed by atoms with E-state index in [2.05, 4.69) is 18.7 Å². The van der Waals surface area contributed by atoms with Crippen LogP contribution < -0.4 is 5.73 Å². The van der Waals surface area contributed by atoms with Crippen molar-refractivity contribution in [2.24, 2.45) is 0 Å². The van der Waals surface area contributed by atoms with E-state index in [0.29, 0.717) is 23.8 Å². The van der Waals surface area contributed by atoms with Crippen molar-refractivity contribution in [1.82, 2.24) is 4.90 Å². The molecule has 21 heavy (non-hydrogen) atoms. The summed E-state index contributed by atoms with van der Waals surface area (Å²) in [5.74, 6) is -0.377. The molecule has 1 saturated heterocycles. The number of nitrogens with zero attached hydrogens (tertiary/aromatic N) is 1. The van der Waals surface area contributed by atoms with Crippen LogP contribution in [0.5, 0.6) is 0 Å². The predicted molar refractivity (Wildman–Crippen MR) is 82.1 cm³/mol. The van der Waals surface area contributed by atoms with Crippen molar-refractivity contribution < 1.29 is 14.3 Å². The van der Waals surface area contributed by atoms with Crippen molar-refractivity contribution in [1.29, 1.82) is 0 Å². The Labute approximate surface area is 126 Å². The lowest BCUT2D eigenvalue weighted by atomic mass is 10.0. The number of benzene rings is 1. The number of carbonyl (C=O) groups is 1. The molecule has 0 radical (unpaired) electrons. The van der Waals surface area contributed by atoms with Crippen molar-refractivity contribution in [3.05, 3.63) is 29.3 Å². The third-order valence-corrected chi connectivity index (χ3v) is 4.00. The van der Waals surface area contributed by atoms with Gasteiger partial charge in [0.25, 0.3) is 0 Å². The normalized spacial score (nSPS) is 23.0. The second-order valence-corrected chi connectivity index (χ2v) is 5.51. The highest BCUT2D eigenvalue weighted by molar-refractivity contribution is 5.96. The van der Waals surface area contributed by atoms with Gasteiger partial charge in [-0.2, -0.15) is 0 Å². The lowest BCUT2D eigenvalue weighted by Crippen LogP contribution is -2.48. The third-order valence-electron chi connectivity index (χ3n) is 4.00. The number of carbonyl (C=O) groups excluding carboxylic acids is 1. The van der Waals surface area contributed by atoms with Gasteiger partial charge < -0.3 is 15.2 Å². The van der Waals surface area contributed by atoms with Crippen LogP contribution in [0.25, 0.3) is 0 Å². The number of rotatable bonds is 4. The molecule has 1 fully saturated rings. The Morgan fingerprint density at radius 1 is 1.52 bits per heavy atom. The van der Waals surface area contributed by atoms with E-state index in [1.807, 2.05) is 12.1 Å². The number of ether oxygens (including phenoxy) is 2. The monoisotopic (exact) mass is 292 g/mol. The summed E-state index contributed by atoms with van der Waals surface area (Å²) >= 11 is 0. The Kier molecular flexibility index (Phi) is 5.20. The molecule has 0 spiro atoms. The molecular weight excluding hydrogens is 268 g/mol. The molecule has 0 aliphatic carbocycles. The highest BCUT2D eigenvalue weighted by Crippen LogP contribution is 2.23. The first kappa shape index (κ1) is 15.8. The zero-order valence-corrected chi connectivity index (χ0v) is 13.0. The summed E-state index contributed by atoms with van der Waals surface area (Å²) in [6.45, 7) is 6.49. The van der Waals surface area contributed by atoms with E-state index in [0.717, 1.165) is 25.1 Å². The Morgan fingerprint density at radius 2 is 2.29 bits per heavy atom. The van der Waals surface area contributed by atoms with E-state index < -0.39 is 0 Å². The fraction of sp³-hybridized carbons (Fsp3) is 0.562. The molecule has 0 amide bonds. The summed E-state index contributed by atoms with van der Waals surface area (Å²) in [6, 6.07) is 5.92. The Bertz CT molecular complexity index is 504. The lowest BCUT2D eigenvalue weighted by Gasteiger charge is -2.38. The van der Waals surface area contributed by atoms with Gasteiger partial charge in [-0.25, -0.2) is 4.79 Å². The van der Waals surface area contributed by atoms with Crippen LogP contribution in [-0.2, 0) is 16.0 Å². The standard InChI is InChI=1S/C16H24N2O3/c1-4-13-10-21-11(2)8-18(13)9-12-6-5-7-14(17)15(12)16(19)20-3/h5-7,11,13H,4,8-10,17H2,1-3H3. The van der Waals surface area contributed by atoms with Crippen LogP contribution in [0.15, 0.2) is 18.2 Å². The second kappa shape index (κ2) is 6.91. The molecule has 1 aliphatic rings.